The Morgan fingerprint density at radius 2 is 1.85 bits per heavy atom. The summed E-state index contributed by atoms with van der Waals surface area (Å²) in [6, 6.07) is 0. The lowest BCUT2D eigenvalue weighted by Gasteiger charge is -2.19. The van der Waals surface area contributed by atoms with Crippen molar-refractivity contribution >= 4 is 0 Å². The minimum absolute atomic E-state index is 0.628. The van der Waals surface area contributed by atoms with Gasteiger partial charge in [0.25, 0.3) is 0 Å². The third-order valence-electron chi connectivity index (χ3n) is 3.44. The van der Waals surface area contributed by atoms with Crippen molar-refractivity contribution in [1.82, 2.24) is 0 Å². The molecule has 1 heterocycles. The number of hydrogen-bond acceptors (Lipinski definition) is 1. The standard InChI is InChI=1S/C12H22O/c1-9(2)8-11-12(13-11)10-6-4-3-5-7-10/h9-12H,3-8H2,1-2H3. The fourth-order valence-electron chi connectivity index (χ4n) is 2.69. The summed E-state index contributed by atoms with van der Waals surface area (Å²) in [5.41, 5.74) is 0. The highest BCUT2D eigenvalue weighted by Gasteiger charge is 2.44. The van der Waals surface area contributed by atoms with Crippen LogP contribution in [0.4, 0.5) is 0 Å². The van der Waals surface area contributed by atoms with Crippen molar-refractivity contribution in [2.75, 3.05) is 0 Å². The molecule has 2 unspecified atom stereocenters. The number of epoxide rings is 1. The van der Waals surface area contributed by atoms with Crippen LogP contribution in [0.15, 0.2) is 0 Å². The maximum Gasteiger partial charge on any atom is 0.0870 e. The van der Waals surface area contributed by atoms with Crippen LogP contribution in [0.5, 0.6) is 0 Å². The second-order valence-electron chi connectivity index (χ2n) is 5.17. The topological polar surface area (TPSA) is 12.5 Å². The molecule has 2 atom stereocenters. The fourth-order valence-corrected chi connectivity index (χ4v) is 2.69. The average Bonchev–Trinajstić information content (AvgIpc) is 2.84. The van der Waals surface area contributed by atoms with E-state index in [0.29, 0.717) is 12.2 Å². The second kappa shape index (κ2) is 4.00. The average molecular weight is 182 g/mol. The van der Waals surface area contributed by atoms with Crippen LogP contribution in [0.2, 0.25) is 0 Å². The molecule has 2 aliphatic rings. The Kier molecular flexibility index (Phi) is 2.92. The van der Waals surface area contributed by atoms with Crippen LogP contribution in [0.3, 0.4) is 0 Å². The molecule has 0 aromatic rings. The maximum absolute atomic E-state index is 5.77. The lowest BCUT2D eigenvalue weighted by molar-refractivity contribution is 0.260. The van der Waals surface area contributed by atoms with Gasteiger partial charge in [0.05, 0.1) is 12.2 Å². The van der Waals surface area contributed by atoms with Gasteiger partial charge in [-0.1, -0.05) is 33.1 Å². The Hall–Kier alpha value is -0.0400. The van der Waals surface area contributed by atoms with Gasteiger partial charge < -0.3 is 4.74 Å². The van der Waals surface area contributed by atoms with Crippen LogP contribution in [-0.4, -0.2) is 12.2 Å². The van der Waals surface area contributed by atoms with E-state index in [-0.39, 0.29) is 0 Å². The molecule has 0 aromatic heterocycles. The van der Waals surface area contributed by atoms with Gasteiger partial charge >= 0.3 is 0 Å². The van der Waals surface area contributed by atoms with Gasteiger partial charge in [-0.2, -0.15) is 0 Å². The van der Waals surface area contributed by atoms with Gasteiger partial charge in [-0.3, -0.25) is 0 Å². The van der Waals surface area contributed by atoms with Gasteiger partial charge in [-0.15, -0.1) is 0 Å². The van der Waals surface area contributed by atoms with E-state index in [1.165, 1.54) is 38.5 Å². The summed E-state index contributed by atoms with van der Waals surface area (Å²) in [5.74, 6) is 1.72. The van der Waals surface area contributed by atoms with Crippen LogP contribution < -0.4 is 0 Å². The van der Waals surface area contributed by atoms with Gasteiger partial charge in [0.15, 0.2) is 0 Å². The molecule has 0 N–H and O–H groups in total. The lowest BCUT2D eigenvalue weighted by Crippen LogP contribution is -2.15. The minimum atomic E-state index is 0.628. The molecule has 13 heavy (non-hydrogen) atoms. The van der Waals surface area contributed by atoms with Crippen molar-refractivity contribution in [3.63, 3.8) is 0 Å². The van der Waals surface area contributed by atoms with E-state index >= 15 is 0 Å². The lowest BCUT2D eigenvalue weighted by atomic mass is 9.85. The van der Waals surface area contributed by atoms with Crippen LogP contribution in [0.1, 0.15) is 52.4 Å². The highest BCUT2D eigenvalue weighted by molar-refractivity contribution is 4.91. The van der Waals surface area contributed by atoms with Crippen molar-refractivity contribution in [3.8, 4) is 0 Å². The van der Waals surface area contributed by atoms with E-state index in [1.807, 2.05) is 0 Å². The molecule has 2 rings (SSSR count). The predicted molar refractivity (Wildman–Crippen MR) is 54.7 cm³/mol. The van der Waals surface area contributed by atoms with Crippen LogP contribution in [0.25, 0.3) is 0 Å². The van der Waals surface area contributed by atoms with Gasteiger partial charge in [-0.05, 0) is 31.1 Å². The minimum Gasteiger partial charge on any atom is -0.369 e. The smallest absolute Gasteiger partial charge is 0.0870 e. The van der Waals surface area contributed by atoms with Crippen LogP contribution in [-0.2, 0) is 4.74 Å². The van der Waals surface area contributed by atoms with E-state index in [9.17, 15) is 0 Å². The number of rotatable bonds is 3. The van der Waals surface area contributed by atoms with Crippen molar-refractivity contribution in [3.05, 3.63) is 0 Å². The Balaban J connectivity index is 1.71. The molecule has 1 aliphatic carbocycles. The zero-order chi connectivity index (χ0) is 9.26. The van der Waals surface area contributed by atoms with E-state index in [2.05, 4.69) is 13.8 Å². The molecule has 76 valence electrons. The number of ether oxygens (including phenoxy) is 1. The first-order valence-corrected chi connectivity index (χ1v) is 5.93. The van der Waals surface area contributed by atoms with E-state index < -0.39 is 0 Å². The second-order valence-corrected chi connectivity index (χ2v) is 5.17. The van der Waals surface area contributed by atoms with Gasteiger partial charge in [0.2, 0.25) is 0 Å². The van der Waals surface area contributed by atoms with Gasteiger partial charge in [0.1, 0.15) is 0 Å². The monoisotopic (exact) mass is 182 g/mol. The van der Waals surface area contributed by atoms with Crippen molar-refractivity contribution in [2.45, 2.75) is 64.6 Å². The summed E-state index contributed by atoms with van der Waals surface area (Å²) in [7, 11) is 0. The van der Waals surface area contributed by atoms with Crippen LogP contribution in [0, 0.1) is 11.8 Å². The molecule has 0 bridgehead atoms. The maximum atomic E-state index is 5.77. The predicted octanol–water partition coefficient (Wildman–Crippen LogP) is 3.38. The summed E-state index contributed by atoms with van der Waals surface area (Å²) in [4.78, 5) is 0. The largest absolute Gasteiger partial charge is 0.369 e. The molecular weight excluding hydrogens is 160 g/mol. The number of hydrogen-bond donors (Lipinski definition) is 0. The third kappa shape index (κ3) is 2.46. The Labute approximate surface area is 81.9 Å². The van der Waals surface area contributed by atoms with Crippen molar-refractivity contribution in [1.29, 1.82) is 0 Å². The first-order valence-electron chi connectivity index (χ1n) is 5.93. The molecule has 0 spiro atoms. The molecular formula is C12H22O. The first-order chi connectivity index (χ1) is 6.27. The summed E-state index contributed by atoms with van der Waals surface area (Å²) in [5, 5.41) is 0. The normalized spacial score (nSPS) is 35.3. The highest BCUT2D eigenvalue weighted by Crippen LogP contribution is 2.40. The van der Waals surface area contributed by atoms with Crippen molar-refractivity contribution < 1.29 is 4.74 Å². The zero-order valence-electron chi connectivity index (χ0n) is 8.96. The summed E-state index contributed by atoms with van der Waals surface area (Å²) < 4.78 is 5.77. The first kappa shape index (κ1) is 9.51. The summed E-state index contributed by atoms with van der Waals surface area (Å²) in [6.07, 6.45) is 9.76. The van der Waals surface area contributed by atoms with Gasteiger partial charge in [-0.25, -0.2) is 0 Å². The molecule has 1 aliphatic heterocycles. The SMILES string of the molecule is CC(C)CC1OC1C1CCCCC1. The molecule has 1 saturated heterocycles. The highest BCUT2D eigenvalue weighted by atomic mass is 16.6. The van der Waals surface area contributed by atoms with E-state index in [0.717, 1.165) is 11.8 Å². The summed E-state index contributed by atoms with van der Waals surface area (Å²) >= 11 is 0. The summed E-state index contributed by atoms with van der Waals surface area (Å²) in [6.45, 7) is 4.58. The molecule has 0 amide bonds. The third-order valence-corrected chi connectivity index (χ3v) is 3.44. The Morgan fingerprint density at radius 1 is 1.15 bits per heavy atom. The molecule has 1 nitrogen and oxygen atoms in total. The zero-order valence-corrected chi connectivity index (χ0v) is 8.96. The van der Waals surface area contributed by atoms with E-state index in [4.69, 9.17) is 4.74 Å². The van der Waals surface area contributed by atoms with Gasteiger partial charge in [0, 0.05) is 0 Å². The molecule has 1 heteroatoms. The van der Waals surface area contributed by atoms with Crippen LogP contribution >= 0.6 is 0 Å². The van der Waals surface area contributed by atoms with E-state index in [1.54, 1.807) is 0 Å². The molecule has 0 radical (unpaired) electrons. The molecule has 1 saturated carbocycles. The molecule has 2 fully saturated rings. The Bertz CT molecular complexity index is 159. The van der Waals surface area contributed by atoms with Crippen molar-refractivity contribution in [2.24, 2.45) is 11.8 Å². The molecule has 0 aromatic carbocycles. The Morgan fingerprint density at radius 3 is 2.46 bits per heavy atom. The fraction of sp³-hybridized carbons (Fsp3) is 1.00. The quantitative estimate of drug-likeness (QED) is 0.610.